The number of pyridine rings is 2. The first-order valence-electron chi connectivity index (χ1n) is 7.64. The fourth-order valence-corrected chi connectivity index (χ4v) is 2.47. The van der Waals surface area contributed by atoms with Gasteiger partial charge in [-0.15, -0.1) is 0 Å². The number of aryl methyl sites for hydroxylation is 1. The molecule has 0 aliphatic rings. The predicted octanol–water partition coefficient (Wildman–Crippen LogP) is 4.72. The molecule has 1 N–H and O–H groups in total. The Kier molecular flexibility index (Phi) is 5.01. The van der Waals surface area contributed by atoms with Gasteiger partial charge in [-0.1, -0.05) is 25.1 Å². The van der Waals surface area contributed by atoms with Crippen LogP contribution in [-0.4, -0.2) is 15.9 Å². The highest BCUT2D eigenvalue weighted by Crippen LogP contribution is 2.19. The maximum atomic E-state index is 12.3. The summed E-state index contributed by atoms with van der Waals surface area (Å²) in [7, 11) is 0. The molecule has 0 fully saturated rings. The van der Waals surface area contributed by atoms with Crippen LogP contribution < -0.4 is 5.32 Å². The minimum absolute atomic E-state index is 0.189. The van der Waals surface area contributed by atoms with E-state index in [1.165, 1.54) is 5.56 Å². The summed E-state index contributed by atoms with van der Waals surface area (Å²) in [5.41, 5.74) is 3.66. The number of nitrogens with one attached hydrogen (secondary N) is 1. The van der Waals surface area contributed by atoms with Gasteiger partial charge in [-0.05, 0) is 58.2 Å². The Balaban J connectivity index is 1.73. The van der Waals surface area contributed by atoms with Gasteiger partial charge in [-0.25, -0.2) is 4.98 Å². The van der Waals surface area contributed by atoms with E-state index in [9.17, 15) is 4.79 Å². The lowest BCUT2D eigenvalue weighted by Crippen LogP contribution is -2.12. The number of hydrogen-bond acceptors (Lipinski definition) is 3. The summed E-state index contributed by atoms with van der Waals surface area (Å²) in [6.45, 7) is 2.10. The molecule has 24 heavy (non-hydrogen) atoms. The number of carbonyl (C=O) groups excluding carboxylic acids is 1. The fraction of sp³-hybridized carbons (Fsp3) is 0.105. The minimum Gasteiger partial charge on any atom is -0.307 e. The third-order valence-electron chi connectivity index (χ3n) is 3.64. The third kappa shape index (κ3) is 3.86. The van der Waals surface area contributed by atoms with E-state index >= 15 is 0 Å². The first-order valence-corrected chi connectivity index (χ1v) is 8.43. The summed E-state index contributed by atoms with van der Waals surface area (Å²) >= 11 is 3.31. The Labute approximate surface area is 149 Å². The number of rotatable bonds is 4. The summed E-state index contributed by atoms with van der Waals surface area (Å²) in [5, 5.41) is 2.77. The van der Waals surface area contributed by atoms with Crippen LogP contribution in [0.15, 0.2) is 65.4 Å². The molecule has 120 valence electrons. The highest BCUT2D eigenvalue weighted by atomic mass is 79.9. The van der Waals surface area contributed by atoms with Crippen molar-refractivity contribution >= 4 is 27.7 Å². The van der Waals surface area contributed by atoms with E-state index < -0.39 is 0 Å². The van der Waals surface area contributed by atoms with Crippen molar-refractivity contribution in [1.82, 2.24) is 9.97 Å². The van der Waals surface area contributed by atoms with Crippen LogP contribution in [0.25, 0.3) is 11.3 Å². The standard InChI is InChI=1S/C19H16BrN3O/c1-2-13-3-9-17(21-11-13)14-4-6-15(7-5-14)19(24)23-18-10-8-16(20)12-22-18/h3-12H,2H2,1H3,(H,22,23,24). The van der Waals surface area contributed by atoms with Gasteiger partial charge in [0.15, 0.2) is 0 Å². The Hall–Kier alpha value is -2.53. The number of aromatic nitrogens is 2. The van der Waals surface area contributed by atoms with Crippen LogP contribution in [0.3, 0.4) is 0 Å². The zero-order chi connectivity index (χ0) is 16.9. The van der Waals surface area contributed by atoms with Crippen LogP contribution in [0, 0.1) is 0 Å². The van der Waals surface area contributed by atoms with Crippen molar-refractivity contribution in [3.05, 3.63) is 76.5 Å². The zero-order valence-corrected chi connectivity index (χ0v) is 14.7. The highest BCUT2D eigenvalue weighted by Gasteiger charge is 2.07. The molecule has 0 unspecified atom stereocenters. The Morgan fingerprint density at radius 3 is 2.38 bits per heavy atom. The van der Waals surface area contributed by atoms with Gasteiger partial charge in [-0.2, -0.15) is 0 Å². The molecule has 3 aromatic rings. The Morgan fingerprint density at radius 1 is 1.00 bits per heavy atom. The normalized spacial score (nSPS) is 10.4. The summed E-state index contributed by atoms with van der Waals surface area (Å²) in [5.74, 6) is 0.328. The zero-order valence-electron chi connectivity index (χ0n) is 13.2. The lowest BCUT2D eigenvalue weighted by molar-refractivity contribution is 0.102. The molecule has 5 heteroatoms. The summed E-state index contributed by atoms with van der Waals surface area (Å²) in [4.78, 5) is 20.8. The third-order valence-corrected chi connectivity index (χ3v) is 4.11. The number of carbonyl (C=O) groups is 1. The molecule has 0 aliphatic carbocycles. The summed E-state index contributed by atoms with van der Waals surface area (Å²) in [6, 6.07) is 15.0. The Bertz CT molecular complexity index is 828. The van der Waals surface area contributed by atoms with Gasteiger partial charge in [0.2, 0.25) is 0 Å². The smallest absolute Gasteiger partial charge is 0.256 e. The van der Waals surface area contributed by atoms with Gasteiger partial charge in [0, 0.05) is 28.0 Å². The molecule has 0 spiro atoms. The van der Waals surface area contributed by atoms with Gasteiger partial charge >= 0.3 is 0 Å². The average molecular weight is 382 g/mol. The van der Waals surface area contributed by atoms with E-state index in [4.69, 9.17) is 0 Å². The van der Waals surface area contributed by atoms with Crippen molar-refractivity contribution in [3.8, 4) is 11.3 Å². The molecular weight excluding hydrogens is 366 g/mol. The highest BCUT2D eigenvalue weighted by molar-refractivity contribution is 9.10. The molecule has 2 heterocycles. The van der Waals surface area contributed by atoms with Crippen LogP contribution in [0.2, 0.25) is 0 Å². The van der Waals surface area contributed by atoms with Gasteiger partial charge in [-0.3, -0.25) is 9.78 Å². The van der Waals surface area contributed by atoms with Crippen LogP contribution >= 0.6 is 15.9 Å². The molecule has 4 nitrogen and oxygen atoms in total. The second-order valence-electron chi connectivity index (χ2n) is 5.30. The van der Waals surface area contributed by atoms with Crippen molar-refractivity contribution in [2.45, 2.75) is 13.3 Å². The maximum absolute atomic E-state index is 12.3. The summed E-state index contributed by atoms with van der Waals surface area (Å²) < 4.78 is 0.867. The van der Waals surface area contributed by atoms with E-state index in [1.807, 2.05) is 30.5 Å². The number of amides is 1. The molecule has 1 amide bonds. The van der Waals surface area contributed by atoms with Gasteiger partial charge in [0.05, 0.1) is 5.69 Å². The summed E-state index contributed by atoms with van der Waals surface area (Å²) in [6.07, 6.45) is 4.50. The van der Waals surface area contributed by atoms with Crippen molar-refractivity contribution in [1.29, 1.82) is 0 Å². The number of nitrogens with zero attached hydrogens (tertiary/aromatic N) is 2. The molecule has 0 atom stereocenters. The van der Waals surface area contributed by atoms with Crippen LogP contribution in [-0.2, 0) is 6.42 Å². The lowest BCUT2D eigenvalue weighted by Gasteiger charge is -2.06. The molecule has 0 saturated heterocycles. The fourth-order valence-electron chi connectivity index (χ4n) is 2.24. The van der Waals surface area contributed by atoms with E-state index in [2.05, 4.69) is 44.2 Å². The van der Waals surface area contributed by atoms with E-state index in [0.717, 1.165) is 22.2 Å². The first-order chi connectivity index (χ1) is 11.7. The van der Waals surface area contributed by atoms with Crippen molar-refractivity contribution < 1.29 is 4.79 Å². The number of anilines is 1. The quantitative estimate of drug-likeness (QED) is 0.710. The SMILES string of the molecule is CCc1ccc(-c2ccc(C(=O)Nc3ccc(Br)cn3)cc2)nc1. The van der Waals surface area contributed by atoms with E-state index in [1.54, 1.807) is 24.4 Å². The molecule has 2 aromatic heterocycles. The largest absolute Gasteiger partial charge is 0.307 e. The van der Waals surface area contributed by atoms with Crippen LogP contribution in [0.4, 0.5) is 5.82 Å². The molecule has 0 bridgehead atoms. The molecule has 0 radical (unpaired) electrons. The topological polar surface area (TPSA) is 54.9 Å². The molecule has 3 rings (SSSR count). The first kappa shape index (κ1) is 16.3. The lowest BCUT2D eigenvalue weighted by atomic mass is 10.1. The molecular formula is C19H16BrN3O. The van der Waals surface area contributed by atoms with Crippen molar-refractivity contribution in [3.63, 3.8) is 0 Å². The maximum Gasteiger partial charge on any atom is 0.256 e. The van der Waals surface area contributed by atoms with Crippen LogP contribution in [0.5, 0.6) is 0 Å². The van der Waals surface area contributed by atoms with Gasteiger partial charge in [0.25, 0.3) is 5.91 Å². The van der Waals surface area contributed by atoms with Crippen LogP contribution in [0.1, 0.15) is 22.8 Å². The molecule has 0 aliphatic heterocycles. The number of benzene rings is 1. The van der Waals surface area contributed by atoms with Gasteiger partial charge < -0.3 is 5.32 Å². The number of halogens is 1. The molecule has 0 saturated carbocycles. The minimum atomic E-state index is -0.189. The second kappa shape index (κ2) is 7.36. The van der Waals surface area contributed by atoms with Crippen molar-refractivity contribution in [2.75, 3.05) is 5.32 Å². The molecule has 1 aromatic carbocycles. The van der Waals surface area contributed by atoms with Gasteiger partial charge in [0.1, 0.15) is 5.82 Å². The Morgan fingerprint density at radius 2 is 1.79 bits per heavy atom. The van der Waals surface area contributed by atoms with Crippen molar-refractivity contribution in [2.24, 2.45) is 0 Å². The number of hydrogen-bond donors (Lipinski definition) is 1. The van der Waals surface area contributed by atoms with E-state index in [0.29, 0.717) is 11.4 Å². The van der Waals surface area contributed by atoms with E-state index in [-0.39, 0.29) is 5.91 Å². The average Bonchev–Trinajstić information content (AvgIpc) is 2.64. The second-order valence-corrected chi connectivity index (χ2v) is 6.21. The monoisotopic (exact) mass is 381 g/mol. The predicted molar refractivity (Wildman–Crippen MR) is 98.9 cm³/mol.